The molecular weight excluding hydrogens is 572 g/mol. The zero-order valence-electron chi connectivity index (χ0n) is 24.5. The lowest BCUT2D eigenvalue weighted by Gasteiger charge is -2.38. The molecule has 0 saturated carbocycles. The minimum atomic E-state index is -0.607. The molecule has 11 heteroatoms. The van der Waals surface area contributed by atoms with E-state index in [1.165, 1.54) is 12.1 Å². The zero-order valence-corrected chi connectivity index (χ0v) is 25.3. The summed E-state index contributed by atoms with van der Waals surface area (Å²) in [7, 11) is 0. The molecular formula is C32H41F2N5O3S. The van der Waals surface area contributed by atoms with Gasteiger partial charge in [0.05, 0.1) is 23.6 Å². The highest BCUT2D eigenvalue weighted by Crippen LogP contribution is 2.30. The Morgan fingerprint density at radius 1 is 0.977 bits per heavy atom. The van der Waals surface area contributed by atoms with Gasteiger partial charge in [0, 0.05) is 55.9 Å². The van der Waals surface area contributed by atoms with E-state index in [1.54, 1.807) is 30.0 Å². The number of anilines is 2. The van der Waals surface area contributed by atoms with Crippen LogP contribution in [0.2, 0.25) is 0 Å². The first kappa shape index (κ1) is 30.1. The molecule has 3 aromatic rings. The van der Waals surface area contributed by atoms with Crippen molar-refractivity contribution in [1.82, 2.24) is 14.9 Å². The number of halogens is 2. The van der Waals surface area contributed by atoms with Gasteiger partial charge in [0.2, 0.25) is 0 Å². The molecule has 3 aliphatic heterocycles. The molecule has 43 heavy (non-hydrogen) atoms. The molecule has 4 heterocycles. The fourth-order valence-corrected chi connectivity index (χ4v) is 7.55. The number of piperidine rings is 2. The molecule has 0 aliphatic carbocycles. The predicted octanol–water partition coefficient (Wildman–Crippen LogP) is 5.20. The first-order valence-electron chi connectivity index (χ1n) is 15.5. The van der Waals surface area contributed by atoms with Crippen molar-refractivity contribution in [3.8, 4) is 5.75 Å². The number of thioether (sulfide) groups is 1. The normalized spacial score (nSPS) is 19.7. The number of H-pyrrole nitrogens is 1. The van der Waals surface area contributed by atoms with Crippen molar-refractivity contribution in [3.63, 3.8) is 0 Å². The molecule has 3 N–H and O–H groups in total. The van der Waals surface area contributed by atoms with Gasteiger partial charge < -0.3 is 30.0 Å². The van der Waals surface area contributed by atoms with Crippen LogP contribution in [-0.4, -0.2) is 72.7 Å². The Labute approximate surface area is 255 Å². The van der Waals surface area contributed by atoms with Gasteiger partial charge in [0.1, 0.15) is 28.6 Å². The lowest BCUT2D eigenvalue weighted by molar-refractivity contribution is 0.1000. The first-order chi connectivity index (χ1) is 20.9. The molecule has 232 valence electrons. The van der Waals surface area contributed by atoms with Crippen LogP contribution in [0.4, 0.5) is 20.2 Å². The van der Waals surface area contributed by atoms with Gasteiger partial charge in [-0.25, -0.2) is 13.8 Å². The molecule has 3 saturated heterocycles. The second kappa shape index (κ2) is 13.8. The maximum absolute atomic E-state index is 14.9. The maximum atomic E-state index is 14.9. The van der Waals surface area contributed by atoms with Crippen molar-refractivity contribution in [2.75, 3.05) is 63.2 Å². The summed E-state index contributed by atoms with van der Waals surface area (Å²) in [6.07, 6.45) is 6.12. The predicted molar refractivity (Wildman–Crippen MR) is 168 cm³/mol. The van der Waals surface area contributed by atoms with Crippen molar-refractivity contribution in [3.05, 3.63) is 58.1 Å². The molecule has 0 atom stereocenters. The van der Waals surface area contributed by atoms with E-state index >= 15 is 0 Å². The Balaban J connectivity index is 0.965. The van der Waals surface area contributed by atoms with E-state index in [-0.39, 0.29) is 11.2 Å². The number of fused-ring (bicyclic) bond motifs is 1. The molecule has 1 aromatic heterocycles. The van der Waals surface area contributed by atoms with E-state index < -0.39 is 11.4 Å². The van der Waals surface area contributed by atoms with E-state index in [9.17, 15) is 13.6 Å². The second-order valence-corrected chi connectivity index (χ2v) is 13.4. The summed E-state index contributed by atoms with van der Waals surface area (Å²) in [6.45, 7) is 6.84. The van der Waals surface area contributed by atoms with Crippen LogP contribution in [-0.2, 0) is 10.5 Å². The van der Waals surface area contributed by atoms with Crippen molar-refractivity contribution < 1.29 is 18.3 Å². The van der Waals surface area contributed by atoms with Crippen LogP contribution in [0.25, 0.3) is 10.9 Å². The number of aromatic nitrogens is 2. The van der Waals surface area contributed by atoms with Gasteiger partial charge in [0.15, 0.2) is 0 Å². The third-order valence-electron chi connectivity index (χ3n) is 9.04. The molecule has 0 amide bonds. The Morgan fingerprint density at radius 3 is 2.47 bits per heavy atom. The fourth-order valence-electron chi connectivity index (χ4n) is 6.49. The highest BCUT2D eigenvalue weighted by atomic mass is 32.2. The summed E-state index contributed by atoms with van der Waals surface area (Å²) in [5.41, 5.74) is 6.68. The van der Waals surface area contributed by atoms with E-state index in [2.05, 4.69) is 19.8 Å². The topological polar surface area (TPSA) is 96.7 Å². The summed E-state index contributed by atoms with van der Waals surface area (Å²) in [5.74, 6) is 1.69. The lowest BCUT2D eigenvalue weighted by atomic mass is 9.93. The van der Waals surface area contributed by atoms with Crippen LogP contribution in [0.3, 0.4) is 0 Å². The SMILES string of the molecule is Nc1ccc(N2CCC(CN3CCC(COc4cc(F)c5c(=O)[nH]c(CSC6CCOCC6)nc5c4)CC3)CC2)c(F)c1. The van der Waals surface area contributed by atoms with Gasteiger partial charge in [-0.05, 0) is 81.6 Å². The van der Waals surface area contributed by atoms with Crippen molar-refractivity contribution >= 4 is 34.0 Å². The number of nitrogens with zero attached hydrogens (tertiary/aromatic N) is 3. The van der Waals surface area contributed by atoms with Crippen LogP contribution in [0, 0.1) is 23.5 Å². The zero-order chi connectivity index (χ0) is 29.8. The molecule has 2 aromatic carbocycles. The maximum Gasteiger partial charge on any atom is 0.261 e. The van der Waals surface area contributed by atoms with Crippen molar-refractivity contribution in [2.45, 2.75) is 49.5 Å². The van der Waals surface area contributed by atoms with E-state index in [0.29, 0.717) is 57.9 Å². The average Bonchev–Trinajstić information content (AvgIpc) is 3.00. The van der Waals surface area contributed by atoms with Gasteiger partial charge >= 0.3 is 0 Å². The number of nitrogens with two attached hydrogens (primary N) is 1. The summed E-state index contributed by atoms with van der Waals surface area (Å²) in [6, 6.07) is 7.93. The summed E-state index contributed by atoms with van der Waals surface area (Å²) >= 11 is 1.75. The molecule has 0 unspecified atom stereocenters. The first-order valence-corrected chi connectivity index (χ1v) is 16.5. The van der Waals surface area contributed by atoms with Crippen LogP contribution >= 0.6 is 11.8 Å². The Bertz CT molecular complexity index is 1450. The smallest absolute Gasteiger partial charge is 0.261 e. The number of hydrogen-bond donors (Lipinski definition) is 2. The van der Waals surface area contributed by atoms with Gasteiger partial charge in [-0.1, -0.05) is 0 Å². The number of likely N-dealkylation sites (tertiary alicyclic amines) is 1. The molecule has 3 fully saturated rings. The van der Waals surface area contributed by atoms with E-state index in [0.717, 1.165) is 84.5 Å². The Kier molecular flexibility index (Phi) is 9.69. The highest BCUT2D eigenvalue weighted by Gasteiger charge is 2.26. The third kappa shape index (κ3) is 7.61. The quantitative estimate of drug-likeness (QED) is 0.318. The van der Waals surface area contributed by atoms with Crippen LogP contribution < -0.4 is 20.9 Å². The van der Waals surface area contributed by atoms with Gasteiger partial charge in [-0.3, -0.25) is 4.79 Å². The van der Waals surface area contributed by atoms with Crippen LogP contribution in [0.5, 0.6) is 5.75 Å². The van der Waals surface area contributed by atoms with Crippen LogP contribution in [0.1, 0.15) is 44.3 Å². The molecule has 0 radical (unpaired) electrons. The Hall–Kier alpha value is -2.89. The fraction of sp³-hybridized carbons (Fsp3) is 0.562. The number of nitrogens with one attached hydrogen (secondary N) is 1. The molecule has 0 spiro atoms. The van der Waals surface area contributed by atoms with Gasteiger partial charge in [0.25, 0.3) is 5.56 Å². The average molecular weight is 614 g/mol. The largest absolute Gasteiger partial charge is 0.493 e. The monoisotopic (exact) mass is 613 g/mol. The number of benzene rings is 2. The Morgan fingerprint density at radius 2 is 1.72 bits per heavy atom. The van der Waals surface area contributed by atoms with Gasteiger partial charge in [-0.15, -0.1) is 0 Å². The number of aromatic amines is 1. The van der Waals surface area contributed by atoms with Gasteiger partial charge in [-0.2, -0.15) is 11.8 Å². The summed E-state index contributed by atoms with van der Waals surface area (Å²) in [4.78, 5) is 24.6. The number of nitrogen functional groups attached to an aromatic ring is 1. The summed E-state index contributed by atoms with van der Waals surface area (Å²) < 4.78 is 40.7. The van der Waals surface area contributed by atoms with E-state index in [4.69, 9.17) is 15.2 Å². The molecule has 0 bridgehead atoms. The minimum absolute atomic E-state index is 0.0232. The van der Waals surface area contributed by atoms with Crippen LogP contribution in [0.15, 0.2) is 35.1 Å². The lowest BCUT2D eigenvalue weighted by Crippen LogP contribution is -2.42. The van der Waals surface area contributed by atoms with Crippen molar-refractivity contribution in [1.29, 1.82) is 0 Å². The second-order valence-electron chi connectivity index (χ2n) is 12.1. The molecule has 8 nitrogen and oxygen atoms in total. The molecule has 3 aliphatic rings. The number of ether oxygens (including phenoxy) is 2. The standard InChI is InChI=1S/C32H41F2N5O3S/c33-26-15-23(35)1-2-29(26)39-11-5-21(6-12-39)18-38-9-3-22(4-10-38)19-42-24-16-27(34)31-28(17-24)36-30(37-32(31)40)20-43-25-7-13-41-14-8-25/h1-2,15-17,21-22,25H,3-14,18-20,35H2,(H,36,37,40). The highest BCUT2D eigenvalue weighted by molar-refractivity contribution is 7.99. The molecule has 6 rings (SSSR count). The minimum Gasteiger partial charge on any atom is -0.493 e. The van der Waals surface area contributed by atoms with E-state index in [1.807, 2.05) is 0 Å². The number of hydrogen-bond acceptors (Lipinski definition) is 8. The summed E-state index contributed by atoms with van der Waals surface area (Å²) in [5, 5.41) is 0.455. The third-order valence-corrected chi connectivity index (χ3v) is 10.4. The number of rotatable bonds is 9. The van der Waals surface area contributed by atoms with Crippen molar-refractivity contribution in [2.24, 2.45) is 11.8 Å².